The molecule has 29 heavy (non-hydrogen) atoms. The minimum Gasteiger partial charge on any atom is -0.491 e. The molecule has 1 aliphatic heterocycles. The lowest BCUT2D eigenvalue weighted by Gasteiger charge is -2.34. The van der Waals surface area contributed by atoms with Gasteiger partial charge >= 0.3 is 0 Å². The average Bonchev–Trinajstić information content (AvgIpc) is 2.84. The molecule has 2 atom stereocenters. The summed E-state index contributed by atoms with van der Waals surface area (Å²) in [5.74, 6) is 1.08. The molecule has 0 radical (unpaired) electrons. The molecule has 2 N–H and O–H groups in total. The minimum absolute atomic E-state index is 0.0409. The molecule has 2 aromatic carbocycles. The van der Waals surface area contributed by atoms with Crippen LogP contribution in [-0.2, 0) is 4.79 Å². The maximum atomic E-state index is 13.2. The Morgan fingerprint density at radius 3 is 2.45 bits per heavy atom. The van der Waals surface area contributed by atoms with Gasteiger partial charge in [-0.2, -0.15) is 0 Å². The third kappa shape index (κ3) is 4.02. The predicted molar refractivity (Wildman–Crippen MR) is 118 cm³/mol. The van der Waals surface area contributed by atoms with E-state index in [0.717, 1.165) is 46.8 Å². The SMILES string of the molecule is CC[C@H](C)Oc1ccc([C@H]2Nc3ccccc3NC3=C2C(=O)CC(C)(C)C3)cc1. The first-order chi connectivity index (χ1) is 13.9. The van der Waals surface area contributed by atoms with Crippen molar-refractivity contribution < 1.29 is 9.53 Å². The van der Waals surface area contributed by atoms with Gasteiger partial charge in [-0.3, -0.25) is 4.79 Å². The molecule has 4 rings (SSSR count). The molecule has 2 aromatic rings. The average molecular weight is 391 g/mol. The maximum Gasteiger partial charge on any atom is 0.163 e. The molecule has 0 saturated carbocycles. The molecule has 0 saturated heterocycles. The van der Waals surface area contributed by atoms with Crippen molar-refractivity contribution in [2.75, 3.05) is 10.6 Å². The summed E-state index contributed by atoms with van der Waals surface area (Å²) in [5.41, 5.74) is 4.95. The molecule has 0 spiro atoms. The largest absolute Gasteiger partial charge is 0.491 e. The number of ether oxygens (including phenoxy) is 1. The first kappa shape index (κ1) is 19.6. The first-order valence-electron chi connectivity index (χ1n) is 10.5. The van der Waals surface area contributed by atoms with Crippen LogP contribution >= 0.6 is 0 Å². The van der Waals surface area contributed by atoms with Crippen molar-refractivity contribution in [2.24, 2.45) is 5.41 Å². The standard InChI is InChI=1S/C25H30N2O2/c1-5-16(2)29-18-12-10-17(11-13-18)24-23-21(14-25(3,4)15-22(23)28)26-19-8-6-7-9-20(19)27-24/h6-13,16,24,26-27H,5,14-15H2,1-4H3/t16-,24+/m0/s1. The van der Waals surface area contributed by atoms with Crippen molar-refractivity contribution >= 4 is 17.2 Å². The normalized spacial score (nSPS) is 21.2. The van der Waals surface area contributed by atoms with Crippen LogP contribution in [0, 0.1) is 5.41 Å². The number of allylic oxidation sites excluding steroid dienone is 1. The molecule has 1 aliphatic carbocycles. The Labute approximate surface area is 173 Å². The highest BCUT2D eigenvalue weighted by molar-refractivity contribution is 6.01. The van der Waals surface area contributed by atoms with E-state index in [2.05, 4.69) is 62.6 Å². The summed E-state index contributed by atoms with van der Waals surface area (Å²) in [6.07, 6.45) is 2.58. The molecule has 0 bridgehead atoms. The number of hydrogen-bond donors (Lipinski definition) is 2. The van der Waals surface area contributed by atoms with Gasteiger partial charge in [-0.15, -0.1) is 0 Å². The Kier molecular flexibility index (Phi) is 5.12. The summed E-state index contributed by atoms with van der Waals surface area (Å²) in [7, 11) is 0. The van der Waals surface area contributed by atoms with E-state index in [4.69, 9.17) is 4.74 Å². The van der Waals surface area contributed by atoms with Gasteiger partial charge < -0.3 is 15.4 Å². The number of Topliss-reactive ketones (excluding diaryl/α,β-unsaturated/α-hetero) is 1. The topological polar surface area (TPSA) is 50.4 Å². The summed E-state index contributed by atoms with van der Waals surface area (Å²) in [4.78, 5) is 13.2. The predicted octanol–water partition coefficient (Wildman–Crippen LogP) is 6.09. The van der Waals surface area contributed by atoms with Crippen LogP contribution in [0.25, 0.3) is 0 Å². The molecule has 152 valence electrons. The third-order valence-corrected chi connectivity index (χ3v) is 5.85. The van der Waals surface area contributed by atoms with Gasteiger partial charge in [0.2, 0.25) is 0 Å². The summed E-state index contributed by atoms with van der Waals surface area (Å²) < 4.78 is 5.93. The Bertz CT molecular complexity index is 944. The van der Waals surface area contributed by atoms with Gasteiger partial charge in [0.05, 0.1) is 23.5 Å². The van der Waals surface area contributed by atoms with E-state index < -0.39 is 0 Å². The smallest absolute Gasteiger partial charge is 0.163 e. The zero-order valence-corrected chi connectivity index (χ0v) is 17.7. The molecule has 0 aromatic heterocycles. The monoisotopic (exact) mass is 390 g/mol. The van der Waals surface area contributed by atoms with Gasteiger partial charge in [0.25, 0.3) is 0 Å². The zero-order valence-electron chi connectivity index (χ0n) is 17.7. The molecule has 2 aliphatic rings. The summed E-state index contributed by atoms with van der Waals surface area (Å²) in [6, 6.07) is 16.1. The molecule has 1 heterocycles. The van der Waals surface area contributed by atoms with Crippen LogP contribution < -0.4 is 15.4 Å². The molecule has 0 fully saturated rings. The number of rotatable bonds is 4. The van der Waals surface area contributed by atoms with Gasteiger partial charge in [0.1, 0.15) is 5.75 Å². The van der Waals surface area contributed by atoms with E-state index in [9.17, 15) is 4.79 Å². The van der Waals surface area contributed by atoms with Crippen LogP contribution in [0.1, 0.15) is 58.6 Å². The molecule has 4 heteroatoms. The second-order valence-corrected chi connectivity index (χ2v) is 8.99. The Morgan fingerprint density at radius 2 is 1.76 bits per heavy atom. The molecule has 0 unspecified atom stereocenters. The molecular weight excluding hydrogens is 360 g/mol. The highest BCUT2D eigenvalue weighted by Crippen LogP contribution is 2.45. The quantitative estimate of drug-likeness (QED) is 0.664. The number of ketones is 1. The van der Waals surface area contributed by atoms with Crippen LogP contribution in [0.3, 0.4) is 0 Å². The van der Waals surface area contributed by atoms with Crippen molar-refractivity contribution in [2.45, 2.75) is 59.1 Å². The highest BCUT2D eigenvalue weighted by Gasteiger charge is 2.38. The van der Waals surface area contributed by atoms with Gasteiger partial charge in [0.15, 0.2) is 5.78 Å². The number of hydrogen-bond acceptors (Lipinski definition) is 4. The first-order valence-corrected chi connectivity index (χ1v) is 10.5. The van der Waals surface area contributed by atoms with E-state index in [1.54, 1.807) is 0 Å². The van der Waals surface area contributed by atoms with Crippen molar-refractivity contribution in [1.29, 1.82) is 0 Å². The van der Waals surface area contributed by atoms with Crippen LogP contribution in [0.15, 0.2) is 59.8 Å². The van der Waals surface area contributed by atoms with Crippen molar-refractivity contribution in [3.63, 3.8) is 0 Å². The van der Waals surface area contributed by atoms with Gasteiger partial charge in [-0.1, -0.05) is 45.0 Å². The minimum atomic E-state index is -0.178. The second-order valence-electron chi connectivity index (χ2n) is 8.99. The van der Waals surface area contributed by atoms with Gasteiger partial charge in [-0.25, -0.2) is 0 Å². The Morgan fingerprint density at radius 1 is 1.07 bits per heavy atom. The third-order valence-electron chi connectivity index (χ3n) is 5.85. The van der Waals surface area contributed by atoms with E-state index in [1.807, 2.05) is 24.3 Å². The van der Waals surface area contributed by atoms with Crippen LogP contribution in [0.5, 0.6) is 5.75 Å². The number of carbonyl (C=O) groups excluding carboxylic acids is 1. The molecule has 4 nitrogen and oxygen atoms in total. The molecular formula is C25H30N2O2. The zero-order chi connectivity index (χ0) is 20.6. The van der Waals surface area contributed by atoms with Crippen LogP contribution in [-0.4, -0.2) is 11.9 Å². The Balaban J connectivity index is 1.75. The number of anilines is 2. The summed E-state index contributed by atoms with van der Waals surface area (Å²) in [5, 5.41) is 7.19. The number of nitrogens with one attached hydrogen (secondary N) is 2. The van der Waals surface area contributed by atoms with E-state index in [1.165, 1.54) is 0 Å². The van der Waals surface area contributed by atoms with Crippen molar-refractivity contribution in [1.82, 2.24) is 0 Å². The van der Waals surface area contributed by atoms with E-state index in [-0.39, 0.29) is 23.3 Å². The van der Waals surface area contributed by atoms with Crippen molar-refractivity contribution in [3.05, 3.63) is 65.4 Å². The lowest BCUT2D eigenvalue weighted by atomic mass is 9.73. The second kappa shape index (κ2) is 7.58. The van der Waals surface area contributed by atoms with E-state index >= 15 is 0 Å². The number of benzene rings is 2. The lowest BCUT2D eigenvalue weighted by molar-refractivity contribution is -0.118. The fourth-order valence-electron chi connectivity index (χ4n) is 4.19. The van der Waals surface area contributed by atoms with Crippen molar-refractivity contribution in [3.8, 4) is 5.75 Å². The van der Waals surface area contributed by atoms with Gasteiger partial charge in [-0.05, 0) is 55.0 Å². The number of para-hydroxylation sites is 2. The Hall–Kier alpha value is -2.75. The summed E-state index contributed by atoms with van der Waals surface area (Å²) in [6.45, 7) is 8.51. The summed E-state index contributed by atoms with van der Waals surface area (Å²) >= 11 is 0. The van der Waals surface area contributed by atoms with E-state index in [0.29, 0.717) is 6.42 Å². The fraction of sp³-hybridized carbons (Fsp3) is 0.400. The van der Waals surface area contributed by atoms with Crippen LogP contribution in [0.2, 0.25) is 0 Å². The number of fused-ring (bicyclic) bond motifs is 1. The maximum absolute atomic E-state index is 13.2. The fourth-order valence-corrected chi connectivity index (χ4v) is 4.19. The van der Waals surface area contributed by atoms with Crippen LogP contribution in [0.4, 0.5) is 11.4 Å². The van der Waals surface area contributed by atoms with Gasteiger partial charge in [0, 0.05) is 17.7 Å². The highest BCUT2D eigenvalue weighted by atomic mass is 16.5. The lowest BCUT2D eigenvalue weighted by Crippen LogP contribution is -2.31. The number of carbonyl (C=O) groups is 1. The molecule has 0 amide bonds.